The van der Waals surface area contributed by atoms with E-state index in [1.807, 2.05) is 31.2 Å². The molecule has 0 saturated heterocycles. The summed E-state index contributed by atoms with van der Waals surface area (Å²) in [4.78, 5) is 19.9. The monoisotopic (exact) mass is 335 g/mol. The van der Waals surface area contributed by atoms with Crippen molar-refractivity contribution in [2.45, 2.75) is 6.92 Å². The van der Waals surface area contributed by atoms with Crippen molar-refractivity contribution >= 4 is 11.6 Å². The lowest BCUT2D eigenvalue weighted by molar-refractivity contribution is 0.102. The zero-order chi connectivity index (χ0) is 17.5. The summed E-state index contributed by atoms with van der Waals surface area (Å²) in [7, 11) is 0. The lowest BCUT2D eigenvalue weighted by atomic mass is 10.3. The molecule has 3 aromatic rings. The van der Waals surface area contributed by atoms with Crippen molar-refractivity contribution in [1.29, 1.82) is 0 Å². The summed E-state index contributed by atoms with van der Waals surface area (Å²) >= 11 is 0. The van der Waals surface area contributed by atoms with E-state index in [0.29, 0.717) is 23.8 Å². The first kappa shape index (κ1) is 16.4. The van der Waals surface area contributed by atoms with Gasteiger partial charge in [0, 0.05) is 18.1 Å². The zero-order valence-electron chi connectivity index (χ0n) is 13.7. The molecule has 0 aliphatic rings. The molecule has 0 radical (unpaired) electrons. The lowest BCUT2D eigenvalue weighted by Gasteiger charge is -2.09. The molecule has 1 N–H and O–H groups in total. The molecule has 0 atom stereocenters. The fourth-order valence-corrected chi connectivity index (χ4v) is 2.12. The molecule has 126 valence electrons. The van der Waals surface area contributed by atoms with Gasteiger partial charge in [-0.1, -0.05) is 0 Å². The second-order valence-electron chi connectivity index (χ2n) is 5.08. The average Bonchev–Trinajstić information content (AvgIpc) is 2.66. The number of nitrogens with zero attached hydrogens (tertiary/aromatic N) is 2. The number of rotatable bonds is 6. The number of hydrogen-bond acceptors (Lipinski definition) is 5. The Balaban J connectivity index is 1.61. The Hall–Kier alpha value is -3.41. The summed E-state index contributed by atoms with van der Waals surface area (Å²) in [5, 5.41) is 2.76. The number of ether oxygens (including phenoxy) is 2. The number of anilines is 1. The van der Waals surface area contributed by atoms with Gasteiger partial charge in [-0.15, -0.1) is 0 Å². The number of nitrogens with one attached hydrogen (secondary N) is 1. The molecule has 0 unspecified atom stereocenters. The molecule has 1 amide bonds. The van der Waals surface area contributed by atoms with Crippen LogP contribution < -0.4 is 14.8 Å². The second-order valence-corrected chi connectivity index (χ2v) is 5.08. The summed E-state index contributed by atoms with van der Waals surface area (Å²) < 4.78 is 11.2. The number of carbonyl (C=O) groups excluding carboxylic acids is 1. The zero-order valence-corrected chi connectivity index (χ0v) is 13.7. The molecule has 0 aliphatic carbocycles. The Kier molecular flexibility index (Phi) is 5.21. The molecule has 2 aromatic carbocycles. The topological polar surface area (TPSA) is 73.3 Å². The third kappa shape index (κ3) is 4.54. The highest BCUT2D eigenvalue weighted by molar-refractivity contribution is 6.02. The first-order chi connectivity index (χ1) is 12.2. The summed E-state index contributed by atoms with van der Waals surface area (Å²) in [6, 6.07) is 14.5. The molecule has 6 heteroatoms. The summed E-state index contributed by atoms with van der Waals surface area (Å²) in [5.74, 6) is 1.87. The molecular weight excluding hydrogens is 318 g/mol. The van der Waals surface area contributed by atoms with Gasteiger partial charge in [0.2, 0.25) is 0 Å². The SMILES string of the molecule is CCOc1ccc(Oc2ccc(NC(=O)c3cnccn3)cc2)cc1. The number of benzene rings is 2. The van der Waals surface area contributed by atoms with Gasteiger partial charge in [0.1, 0.15) is 22.9 Å². The van der Waals surface area contributed by atoms with Gasteiger partial charge in [-0.05, 0) is 55.5 Å². The quantitative estimate of drug-likeness (QED) is 0.739. The van der Waals surface area contributed by atoms with E-state index < -0.39 is 0 Å². The molecule has 0 saturated carbocycles. The van der Waals surface area contributed by atoms with E-state index in [1.165, 1.54) is 18.6 Å². The second kappa shape index (κ2) is 7.92. The molecule has 3 rings (SSSR count). The van der Waals surface area contributed by atoms with Gasteiger partial charge in [-0.2, -0.15) is 0 Å². The molecule has 25 heavy (non-hydrogen) atoms. The van der Waals surface area contributed by atoms with Crippen LogP contribution in [0, 0.1) is 0 Å². The Morgan fingerprint density at radius 1 is 0.960 bits per heavy atom. The van der Waals surface area contributed by atoms with Crippen LogP contribution in [0.3, 0.4) is 0 Å². The summed E-state index contributed by atoms with van der Waals surface area (Å²) in [5.41, 5.74) is 0.909. The Morgan fingerprint density at radius 3 is 2.20 bits per heavy atom. The molecule has 6 nitrogen and oxygen atoms in total. The highest BCUT2D eigenvalue weighted by atomic mass is 16.5. The van der Waals surface area contributed by atoms with E-state index in [9.17, 15) is 4.79 Å². The molecule has 1 heterocycles. The van der Waals surface area contributed by atoms with E-state index in [1.54, 1.807) is 24.3 Å². The van der Waals surface area contributed by atoms with Crippen molar-refractivity contribution in [2.24, 2.45) is 0 Å². The van der Waals surface area contributed by atoms with Crippen molar-refractivity contribution in [2.75, 3.05) is 11.9 Å². The van der Waals surface area contributed by atoms with Crippen LogP contribution in [0.15, 0.2) is 67.1 Å². The van der Waals surface area contributed by atoms with Gasteiger partial charge < -0.3 is 14.8 Å². The molecule has 0 fully saturated rings. The van der Waals surface area contributed by atoms with Crippen LogP contribution in [0.1, 0.15) is 17.4 Å². The number of hydrogen-bond donors (Lipinski definition) is 1. The van der Waals surface area contributed by atoms with Crippen LogP contribution in [0.25, 0.3) is 0 Å². The maximum absolute atomic E-state index is 12.0. The van der Waals surface area contributed by atoms with Crippen LogP contribution in [0.2, 0.25) is 0 Å². The van der Waals surface area contributed by atoms with E-state index >= 15 is 0 Å². The molecular formula is C19H17N3O3. The highest BCUT2D eigenvalue weighted by Gasteiger charge is 2.07. The van der Waals surface area contributed by atoms with Crippen molar-refractivity contribution in [1.82, 2.24) is 9.97 Å². The first-order valence-corrected chi connectivity index (χ1v) is 7.83. The van der Waals surface area contributed by atoms with E-state index in [2.05, 4.69) is 15.3 Å². The minimum absolute atomic E-state index is 0.261. The van der Waals surface area contributed by atoms with Gasteiger partial charge in [0.15, 0.2) is 0 Å². The molecule has 0 bridgehead atoms. The minimum Gasteiger partial charge on any atom is -0.494 e. The number of carbonyl (C=O) groups is 1. The number of amides is 1. The van der Waals surface area contributed by atoms with E-state index in [0.717, 1.165) is 5.75 Å². The molecule has 0 aliphatic heterocycles. The van der Waals surface area contributed by atoms with Gasteiger partial charge in [-0.25, -0.2) is 4.98 Å². The Bertz CT molecular complexity index is 819. The van der Waals surface area contributed by atoms with Crippen LogP contribution in [-0.4, -0.2) is 22.5 Å². The fourth-order valence-electron chi connectivity index (χ4n) is 2.12. The third-order valence-electron chi connectivity index (χ3n) is 3.28. The number of aromatic nitrogens is 2. The van der Waals surface area contributed by atoms with Crippen molar-refractivity contribution in [3.8, 4) is 17.2 Å². The van der Waals surface area contributed by atoms with Gasteiger partial charge >= 0.3 is 0 Å². The molecule has 1 aromatic heterocycles. The van der Waals surface area contributed by atoms with Crippen LogP contribution >= 0.6 is 0 Å². The van der Waals surface area contributed by atoms with Crippen molar-refractivity contribution in [3.05, 3.63) is 72.8 Å². The Morgan fingerprint density at radius 2 is 1.60 bits per heavy atom. The standard InChI is InChI=1S/C19H17N3O3/c1-2-24-15-7-9-17(10-8-15)25-16-5-3-14(4-6-16)22-19(23)18-13-20-11-12-21-18/h3-13H,2H2,1H3,(H,22,23). The fraction of sp³-hybridized carbons (Fsp3) is 0.105. The van der Waals surface area contributed by atoms with Crippen LogP contribution in [0.4, 0.5) is 5.69 Å². The predicted octanol–water partition coefficient (Wildman–Crippen LogP) is 3.92. The smallest absolute Gasteiger partial charge is 0.275 e. The minimum atomic E-state index is -0.312. The van der Waals surface area contributed by atoms with E-state index in [-0.39, 0.29) is 11.6 Å². The largest absolute Gasteiger partial charge is 0.494 e. The van der Waals surface area contributed by atoms with Gasteiger partial charge in [0.05, 0.1) is 12.8 Å². The summed E-state index contributed by atoms with van der Waals surface area (Å²) in [6.07, 6.45) is 4.41. The Labute approximate surface area is 145 Å². The average molecular weight is 335 g/mol. The highest BCUT2D eigenvalue weighted by Crippen LogP contribution is 2.25. The van der Waals surface area contributed by atoms with Gasteiger partial charge in [0.25, 0.3) is 5.91 Å². The van der Waals surface area contributed by atoms with E-state index in [4.69, 9.17) is 9.47 Å². The van der Waals surface area contributed by atoms with Gasteiger partial charge in [-0.3, -0.25) is 9.78 Å². The van der Waals surface area contributed by atoms with Crippen molar-refractivity contribution < 1.29 is 14.3 Å². The summed E-state index contributed by atoms with van der Waals surface area (Å²) in [6.45, 7) is 2.57. The maximum Gasteiger partial charge on any atom is 0.275 e. The predicted molar refractivity (Wildman–Crippen MR) is 94.1 cm³/mol. The first-order valence-electron chi connectivity index (χ1n) is 7.83. The third-order valence-corrected chi connectivity index (χ3v) is 3.28. The maximum atomic E-state index is 12.0. The van der Waals surface area contributed by atoms with Crippen LogP contribution in [0.5, 0.6) is 17.2 Å². The normalized spacial score (nSPS) is 10.1. The van der Waals surface area contributed by atoms with Crippen molar-refractivity contribution in [3.63, 3.8) is 0 Å². The van der Waals surface area contributed by atoms with Crippen LogP contribution in [-0.2, 0) is 0 Å². The lowest BCUT2D eigenvalue weighted by Crippen LogP contribution is -2.13. The molecule has 0 spiro atoms.